The van der Waals surface area contributed by atoms with Crippen molar-refractivity contribution >= 4 is 17.8 Å². The molecule has 1 spiro atoms. The molecule has 0 radical (unpaired) electrons. The molecule has 1 N–H and O–H groups in total. The van der Waals surface area contributed by atoms with E-state index in [0.29, 0.717) is 6.54 Å². The molecule has 3 aliphatic heterocycles. The molecule has 0 aromatic heterocycles. The summed E-state index contributed by atoms with van der Waals surface area (Å²) in [4.78, 5) is 25.9. The lowest BCUT2D eigenvalue weighted by molar-refractivity contribution is -0.934. The highest BCUT2D eigenvalue weighted by atomic mass is 35.5. The SMILES string of the molecule is C/C=C1/C[N+]2(CC(=O)c3ccc(OC)cc3)CC[C@]34C(=C(C=O)[C@H]1C[C@@H]32)Nc1ccccc14.[Cl-]. The third-order valence-corrected chi connectivity index (χ3v) is 8.73. The number of fused-ring (bicyclic) bond motifs is 2. The summed E-state index contributed by atoms with van der Waals surface area (Å²) in [6.07, 6.45) is 5.13. The minimum Gasteiger partial charge on any atom is -1.00 e. The van der Waals surface area contributed by atoms with E-state index in [1.807, 2.05) is 24.3 Å². The molecule has 0 saturated carbocycles. The highest BCUT2D eigenvalue weighted by Gasteiger charge is 2.68. The second kappa shape index (κ2) is 8.10. The number of para-hydroxylation sites is 1. The first-order valence-corrected chi connectivity index (χ1v) is 11.8. The Labute approximate surface area is 206 Å². The Balaban J connectivity index is 0.00000241. The van der Waals surface area contributed by atoms with Crippen LogP contribution in [0.2, 0.25) is 0 Å². The summed E-state index contributed by atoms with van der Waals surface area (Å²) in [5.74, 6) is 1.07. The fraction of sp³-hybridized carbons (Fsp3) is 0.357. The van der Waals surface area contributed by atoms with Crippen LogP contribution < -0.4 is 22.5 Å². The van der Waals surface area contributed by atoms with Gasteiger partial charge in [-0.25, -0.2) is 0 Å². The molecule has 34 heavy (non-hydrogen) atoms. The molecular weight excluding hydrogens is 448 g/mol. The summed E-state index contributed by atoms with van der Waals surface area (Å²) in [5, 5.41) is 3.66. The standard InChI is InChI=1S/C28H28N2O3.ClH/c1-3-18-15-30(16-25(32)19-8-10-20(33-2)11-9-19)13-12-28-23-6-4-5-7-24(23)29-27(28)22(17-31)21(18)14-26(28)30;/h3-11,17,21,26H,12-16H2,1-2H3;1H/b18-3-;/t21-,26-,28+,30?;/m0./s1. The summed E-state index contributed by atoms with van der Waals surface area (Å²) >= 11 is 0. The number of quaternary nitrogens is 1. The number of carbonyl (C=O) groups excluding carboxylic acids is 2. The van der Waals surface area contributed by atoms with Crippen LogP contribution in [0.25, 0.3) is 0 Å². The summed E-state index contributed by atoms with van der Waals surface area (Å²) in [5.41, 5.74) is 6.23. The van der Waals surface area contributed by atoms with Crippen molar-refractivity contribution in [1.82, 2.24) is 0 Å². The Morgan fingerprint density at radius 2 is 1.97 bits per heavy atom. The predicted molar refractivity (Wildman–Crippen MR) is 127 cm³/mol. The molecule has 4 atom stereocenters. The largest absolute Gasteiger partial charge is 1.00 e. The number of allylic oxidation sites excluding steroid dienone is 2. The molecule has 2 saturated heterocycles. The Morgan fingerprint density at radius 1 is 1.21 bits per heavy atom. The number of anilines is 1. The van der Waals surface area contributed by atoms with Gasteiger partial charge in [0.1, 0.15) is 31.2 Å². The van der Waals surface area contributed by atoms with E-state index in [2.05, 4.69) is 42.6 Å². The molecule has 1 unspecified atom stereocenters. The van der Waals surface area contributed by atoms with Crippen LogP contribution >= 0.6 is 0 Å². The first kappa shape index (κ1) is 22.9. The Hall–Kier alpha value is -2.89. The molecule has 2 bridgehead atoms. The van der Waals surface area contributed by atoms with Gasteiger partial charge < -0.3 is 26.9 Å². The van der Waals surface area contributed by atoms with Crippen molar-refractivity contribution in [2.45, 2.75) is 31.2 Å². The highest BCUT2D eigenvalue weighted by molar-refractivity contribution is 5.97. The van der Waals surface area contributed by atoms with Gasteiger partial charge >= 0.3 is 0 Å². The number of aldehydes is 1. The van der Waals surface area contributed by atoms with E-state index >= 15 is 0 Å². The van der Waals surface area contributed by atoms with Gasteiger partial charge in [-0.05, 0) is 48.4 Å². The molecule has 176 valence electrons. The summed E-state index contributed by atoms with van der Waals surface area (Å²) in [6, 6.07) is 16.2. The van der Waals surface area contributed by atoms with Crippen molar-refractivity contribution in [3.8, 4) is 5.75 Å². The number of hydrogen-bond acceptors (Lipinski definition) is 4. The number of Topliss-reactive ketones (excluding diaryl/α,β-unsaturated/α-hetero) is 1. The number of nitrogens with zero attached hydrogens (tertiary/aromatic N) is 1. The Morgan fingerprint density at radius 3 is 2.68 bits per heavy atom. The van der Waals surface area contributed by atoms with E-state index in [9.17, 15) is 9.59 Å². The third kappa shape index (κ3) is 2.90. The maximum Gasteiger partial charge on any atom is 0.216 e. The molecule has 6 rings (SSSR count). The molecule has 1 aliphatic carbocycles. The Kier molecular flexibility index (Phi) is 5.45. The highest BCUT2D eigenvalue weighted by Crippen LogP contribution is 2.63. The van der Waals surface area contributed by atoms with E-state index in [4.69, 9.17) is 4.74 Å². The number of ketones is 1. The number of hydrogen-bond donors (Lipinski definition) is 1. The van der Waals surface area contributed by atoms with E-state index in [1.165, 1.54) is 11.1 Å². The number of carbonyl (C=O) groups is 2. The second-order valence-electron chi connectivity index (χ2n) is 9.92. The average molecular weight is 477 g/mol. The number of ether oxygens (including phenoxy) is 1. The lowest BCUT2D eigenvalue weighted by Crippen LogP contribution is -3.00. The van der Waals surface area contributed by atoms with E-state index in [1.54, 1.807) is 7.11 Å². The number of nitrogens with one attached hydrogen (secondary N) is 1. The minimum absolute atomic E-state index is 0. The normalized spacial score (nSPS) is 31.3. The van der Waals surface area contributed by atoms with Crippen molar-refractivity contribution in [3.05, 3.63) is 82.6 Å². The summed E-state index contributed by atoms with van der Waals surface area (Å²) in [6.45, 7) is 4.32. The van der Waals surface area contributed by atoms with Gasteiger partial charge in [0.2, 0.25) is 5.78 Å². The van der Waals surface area contributed by atoms with Gasteiger partial charge in [-0.2, -0.15) is 0 Å². The zero-order valence-corrected chi connectivity index (χ0v) is 20.3. The van der Waals surface area contributed by atoms with Crippen LogP contribution in [-0.2, 0) is 10.2 Å². The molecule has 2 aromatic carbocycles. The topological polar surface area (TPSA) is 55.4 Å². The van der Waals surface area contributed by atoms with Crippen molar-refractivity contribution in [3.63, 3.8) is 0 Å². The Bertz CT molecular complexity index is 1230. The zero-order valence-electron chi connectivity index (χ0n) is 19.5. The molecule has 2 fully saturated rings. The van der Waals surface area contributed by atoms with E-state index in [-0.39, 0.29) is 35.6 Å². The van der Waals surface area contributed by atoms with Crippen LogP contribution in [0, 0.1) is 5.92 Å². The van der Waals surface area contributed by atoms with Crippen molar-refractivity contribution in [2.24, 2.45) is 5.92 Å². The fourth-order valence-corrected chi connectivity index (χ4v) is 7.28. The van der Waals surface area contributed by atoms with Crippen LogP contribution in [0.4, 0.5) is 5.69 Å². The number of methoxy groups -OCH3 is 1. The molecular formula is C28H29ClN2O3. The third-order valence-electron chi connectivity index (χ3n) is 8.73. The molecule has 4 aliphatic rings. The first-order valence-electron chi connectivity index (χ1n) is 11.8. The van der Waals surface area contributed by atoms with Crippen molar-refractivity contribution in [1.29, 1.82) is 0 Å². The molecule has 5 nitrogen and oxygen atoms in total. The maximum atomic E-state index is 13.5. The average Bonchev–Trinajstić information content (AvgIpc) is 3.38. The molecule has 2 aromatic rings. The van der Waals surface area contributed by atoms with Crippen LogP contribution in [-0.4, -0.2) is 49.3 Å². The molecule has 3 heterocycles. The summed E-state index contributed by atoms with van der Waals surface area (Å²) < 4.78 is 6.04. The van der Waals surface area contributed by atoms with Gasteiger partial charge in [-0.15, -0.1) is 0 Å². The number of piperidine rings is 1. The van der Waals surface area contributed by atoms with Crippen molar-refractivity contribution < 1.29 is 31.2 Å². The second-order valence-corrected chi connectivity index (χ2v) is 9.92. The fourth-order valence-electron chi connectivity index (χ4n) is 7.28. The van der Waals surface area contributed by atoms with Gasteiger partial charge in [-0.3, -0.25) is 9.59 Å². The number of benzene rings is 2. The zero-order chi connectivity index (χ0) is 22.8. The predicted octanol–water partition coefficient (Wildman–Crippen LogP) is 1.27. The first-order chi connectivity index (χ1) is 16.1. The monoisotopic (exact) mass is 476 g/mol. The van der Waals surface area contributed by atoms with Gasteiger partial charge in [0.05, 0.1) is 19.1 Å². The van der Waals surface area contributed by atoms with Crippen LogP contribution in [0.15, 0.2) is 71.5 Å². The van der Waals surface area contributed by atoms with Crippen LogP contribution in [0.1, 0.15) is 35.7 Å². The smallest absolute Gasteiger partial charge is 0.216 e. The van der Waals surface area contributed by atoms with E-state index < -0.39 is 0 Å². The van der Waals surface area contributed by atoms with Gasteiger partial charge in [0.15, 0.2) is 0 Å². The van der Waals surface area contributed by atoms with Gasteiger partial charge in [0, 0.05) is 41.3 Å². The number of rotatable bonds is 5. The molecule has 6 heteroatoms. The van der Waals surface area contributed by atoms with E-state index in [0.717, 1.165) is 65.0 Å². The quantitative estimate of drug-likeness (QED) is 0.305. The van der Waals surface area contributed by atoms with Crippen LogP contribution in [0.3, 0.4) is 0 Å². The summed E-state index contributed by atoms with van der Waals surface area (Å²) in [7, 11) is 1.64. The van der Waals surface area contributed by atoms with Crippen molar-refractivity contribution in [2.75, 3.05) is 32.1 Å². The van der Waals surface area contributed by atoms with Gasteiger partial charge in [-0.1, -0.05) is 24.3 Å². The lowest BCUT2D eigenvalue weighted by atomic mass is 9.61. The number of halogens is 1. The van der Waals surface area contributed by atoms with Gasteiger partial charge in [0.25, 0.3) is 0 Å². The molecule has 0 amide bonds. The minimum atomic E-state index is -0.206. The lowest BCUT2D eigenvalue weighted by Gasteiger charge is -2.53. The maximum absolute atomic E-state index is 13.5. The van der Waals surface area contributed by atoms with Crippen LogP contribution in [0.5, 0.6) is 5.75 Å².